The van der Waals surface area contributed by atoms with Crippen molar-refractivity contribution in [1.82, 2.24) is 15.0 Å². The maximum atomic E-state index is 10.4. The van der Waals surface area contributed by atoms with Crippen molar-refractivity contribution in [2.75, 3.05) is 30.4 Å². The highest BCUT2D eigenvalue weighted by Gasteiger charge is 2.41. The molecule has 0 amide bonds. The third-order valence-electron chi connectivity index (χ3n) is 5.10. The Balaban J connectivity index is 1.97. The molecule has 2 aromatic heterocycles. The van der Waals surface area contributed by atoms with Crippen LogP contribution in [0.25, 0.3) is 11.1 Å². The molecule has 1 aliphatic carbocycles. The van der Waals surface area contributed by atoms with E-state index in [0.717, 1.165) is 16.8 Å². The maximum absolute atomic E-state index is 10.4. The number of hydrogen-bond donors (Lipinski definition) is 5. The van der Waals surface area contributed by atoms with Crippen molar-refractivity contribution in [2.24, 2.45) is 5.92 Å². The van der Waals surface area contributed by atoms with Gasteiger partial charge in [0, 0.05) is 42.5 Å². The Morgan fingerprint density at radius 3 is 2.55 bits per heavy atom. The van der Waals surface area contributed by atoms with Crippen LogP contribution in [-0.2, 0) is 0 Å². The Bertz CT molecular complexity index is 817. The number of aryl methyl sites for hydroxylation is 1. The maximum Gasteiger partial charge on any atom is 0.224 e. The molecule has 0 unspecified atom stereocenters. The van der Waals surface area contributed by atoms with Crippen LogP contribution < -0.4 is 15.4 Å². The molecule has 0 aromatic carbocycles. The van der Waals surface area contributed by atoms with Crippen LogP contribution in [0, 0.1) is 12.8 Å². The van der Waals surface area contributed by atoms with Crippen LogP contribution in [0.2, 0.25) is 0 Å². The van der Waals surface area contributed by atoms with Gasteiger partial charge in [-0.3, -0.25) is 0 Å². The number of aliphatic hydroxyl groups excluding tert-OH is 3. The predicted octanol–water partition coefficient (Wildman–Crippen LogP) is 1.19. The SMILES string of the molecule is CCNc1nc(C)c(-c2ccc(OCC)nc2)c(N[C@@H]2C[C@H](CO)[C@@H](O)[C@H]2O)n1. The van der Waals surface area contributed by atoms with Gasteiger partial charge in [-0.1, -0.05) is 0 Å². The van der Waals surface area contributed by atoms with Crippen molar-refractivity contribution in [3.8, 4) is 17.0 Å². The lowest BCUT2D eigenvalue weighted by molar-refractivity contribution is 0.00446. The van der Waals surface area contributed by atoms with Gasteiger partial charge in [0.05, 0.1) is 24.4 Å². The third kappa shape index (κ3) is 4.58. The van der Waals surface area contributed by atoms with E-state index in [2.05, 4.69) is 25.6 Å². The van der Waals surface area contributed by atoms with Gasteiger partial charge in [0.15, 0.2) is 0 Å². The first-order valence-electron chi connectivity index (χ1n) is 9.93. The third-order valence-corrected chi connectivity index (χ3v) is 5.10. The minimum absolute atomic E-state index is 0.183. The van der Waals surface area contributed by atoms with E-state index in [0.29, 0.717) is 37.2 Å². The van der Waals surface area contributed by atoms with Crippen LogP contribution in [0.3, 0.4) is 0 Å². The van der Waals surface area contributed by atoms with E-state index in [9.17, 15) is 15.3 Å². The zero-order chi connectivity index (χ0) is 21.0. The highest BCUT2D eigenvalue weighted by atomic mass is 16.5. The van der Waals surface area contributed by atoms with E-state index in [4.69, 9.17) is 4.74 Å². The lowest BCUT2D eigenvalue weighted by atomic mass is 10.1. The molecular weight excluding hydrogens is 374 g/mol. The summed E-state index contributed by atoms with van der Waals surface area (Å²) in [6.45, 7) is 6.76. The average molecular weight is 403 g/mol. The van der Waals surface area contributed by atoms with Crippen LogP contribution in [0.15, 0.2) is 18.3 Å². The minimum atomic E-state index is -1.00. The largest absolute Gasteiger partial charge is 0.478 e. The van der Waals surface area contributed by atoms with E-state index in [-0.39, 0.29) is 12.5 Å². The van der Waals surface area contributed by atoms with Gasteiger partial charge in [-0.15, -0.1) is 0 Å². The Hall–Kier alpha value is -2.49. The second-order valence-electron chi connectivity index (χ2n) is 7.12. The monoisotopic (exact) mass is 403 g/mol. The summed E-state index contributed by atoms with van der Waals surface area (Å²) in [7, 11) is 0. The first kappa shape index (κ1) is 21.2. The van der Waals surface area contributed by atoms with E-state index < -0.39 is 18.2 Å². The molecule has 29 heavy (non-hydrogen) atoms. The van der Waals surface area contributed by atoms with Gasteiger partial charge in [-0.2, -0.15) is 4.98 Å². The van der Waals surface area contributed by atoms with E-state index in [1.807, 2.05) is 26.8 Å². The highest BCUT2D eigenvalue weighted by Crippen LogP contribution is 2.34. The number of nitrogens with zero attached hydrogens (tertiary/aromatic N) is 3. The number of anilines is 2. The number of aromatic nitrogens is 3. The molecule has 2 aromatic rings. The van der Waals surface area contributed by atoms with Crippen molar-refractivity contribution in [3.05, 3.63) is 24.0 Å². The van der Waals surface area contributed by atoms with Gasteiger partial charge in [-0.05, 0) is 33.3 Å². The molecule has 158 valence electrons. The van der Waals surface area contributed by atoms with Crippen molar-refractivity contribution < 1.29 is 20.1 Å². The molecular formula is C20H29N5O4. The topological polar surface area (TPSA) is 133 Å². The molecule has 0 saturated heterocycles. The molecule has 2 heterocycles. The molecule has 9 nitrogen and oxygen atoms in total. The molecule has 9 heteroatoms. The highest BCUT2D eigenvalue weighted by molar-refractivity contribution is 5.78. The smallest absolute Gasteiger partial charge is 0.224 e. The summed E-state index contributed by atoms with van der Waals surface area (Å²) in [5, 5.41) is 36.4. The molecule has 1 aliphatic rings. The summed E-state index contributed by atoms with van der Waals surface area (Å²) < 4.78 is 5.41. The van der Waals surface area contributed by atoms with Gasteiger partial charge >= 0.3 is 0 Å². The standard InChI is InChI=1S/C20H29N5O4/c1-4-21-20-23-11(3)16(12-6-7-15(22-9-12)29-5-2)19(25-20)24-14-8-13(10-26)17(27)18(14)28/h6-7,9,13-14,17-18,26-28H,4-5,8,10H2,1-3H3,(H2,21,23,24,25)/t13-,14-,17-,18+/m1/s1. The zero-order valence-corrected chi connectivity index (χ0v) is 17.0. The van der Waals surface area contributed by atoms with Gasteiger partial charge in [0.1, 0.15) is 11.9 Å². The summed E-state index contributed by atoms with van der Waals surface area (Å²) in [6, 6.07) is 3.23. The second-order valence-corrected chi connectivity index (χ2v) is 7.12. The van der Waals surface area contributed by atoms with Crippen LogP contribution in [0.5, 0.6) is 5.88 Å². The number of pyridine rings is 1. The van der Waals surface area contributed by atoms with E-state index in [1.54, 1.807) is 12.3 Å². The first-order chi connectivity index (χ1) is 14.0. The number of rotatable bonds is 8. The Morgan fingerprint density at radius 2 is 1.97 bits per heavy atom. The lowest BCUT2D eigenvalue weighted by Crippen LogP contribution is -2.35. The van der Waals surface area contributed by atoms with Gasteiger partial charge in [-0.25, -0.2) is 9.97 Å². The Kier molecular flexibility index (Phi) is 6.83. The predicted molar refractivity (Wildman–Crippen MR) is 110 cm³/mol. The number of nitrogens with one attached hydrogen (secondary N) is 2. The summed E-state index contributed by atoms with van der Waals surface area (Å²) in [5.74, 6) is 1.17. The zero-order valence-electron chi connectivity index (χ0n) is 17.0. The summed E-state index contributed by atoms with van der Waals surface area (Å²) >= 11 is 0. The molecule has 5 N–H and O–H groups in total. The quantitative estimate of drug-likeness (QED) is 0.441. The van der Waals surface area contributed by atoms with E-state index in [1.165, 1.54) is 0 Å². The number of ether oxygens (including phenoxy) is 1. The fraction of sp³-hybridized carbons (Fsp3) is 0.550. The summed E-state index contributed by atoms with van der Waals surface area (Å²) in [6.07, 6.45) is 0.144. The fourth-order valence-corrected chi connectivity index (χ4v) is 3.65. The lowest BCUT2D eigenvalue weighted by Gasteiger charge is -2.22. The fourth-order valence-electron chi connectivity index (χ4n) is 3.65. The van der Waals surface area contributed by atoms with Crippen molar-refractivity contribution >= 4 is 11.8 Å². The number of aliphatic hydroxyl groups is 3. The Labute approximate surface area is 170 Å². The van der Waals surface area contributed by atoms with Crippen LogP contribution in [0.4, 0.5) is 11.8 Å². The van der Waals surface area contributed by atoms with Crippen LogP contribution >= 0.6 is 0 Å². The van der Waals surface area contributed by atoms with Crippen LogP contribution in [0.1, 0.15) is 26.0 Å². The molecule has 0 radical (unpaired) electrons. The molecule has 0 aliphatic heterocycles. The second kappa shape index (κ2) is 9.34. The molecule has 1 fully saturated rings. The Morgan fingerprint density at radius 1 is 1.17 bits per heavy atom. The average Bonchev–Trinajstić information content (AvgIpc) is 2.97. The van der Waals surface area contributed by atoms with Crippen molar-refractivity contribution in [1.29, 1.82) is 0 Å². The van der Waals surface area contributed by atoms with Gasteiger partial charge in [0.2, 0.25) is 11.8 Å². The van der Waals surface area contributed by atoms with Gasteiger partial charge in [0.25, 0.3) is 0 Å². The minimum Gasteiger partial charge on any atom is -0.478 e. The molecule has 3 rings (SSSR count). The van der Waals surface area contributed by atoms with Crippen LogP contribution in [-0.4, -0.2) is 68.3 Å². The molecule has 0 bridgehead atoms. The van der Waals surface area contributed by atoms with Crippen molar-refractivity contribution in [2.45, 2.75) is 45.4 Å². The normalized spacial score (nSPS) is 23.8. The molecule has 0 spiro atoms. The first-order valence-corrected chi connectivity index (χ1v) is 9.93. The van der Waals surface area contributed by atoms with Crippen molar-refractivity contribution in [3.63, 3.8) is 0 Å². The number of hydrogen-bond acceptors (Lipinski definition) is 9. The molecule has 4 atom stereocenters. The van der Waals surface area contributed by atoms with E-state index >= 15 is 0 Å². The molecule has 1 saturated carbocycles. The van der Waals surface area contributed by atoms with Gasteiger partial charge < -0.3 is 30.7 Å². The summed E-state index contributed by atoms with van der Waals surface area (Å²) in [5.41, 5.74) is 2.32. The summed E-state index contributed by atoms with van der Waals surface area (Å²) in [4.78, 5) is 13.4.